The van der Waals surface area contributed by atoms with Gasteiger partial charge in [-0.2, -0.15) is 0 Å². The molecule has 0 radical (unpaired) electrons. The third-order valence-corrected chi connectivity index (χ3v) is 4.53. The summed E-state index contributed by atoms with van der Waals surface area (Å²) in [6.07, 6.45) is -0.886. The molecule has 26 heavy (non-hydrogen) atoms. The number of aliphatic hydroxyl groups excluding tert-OH is 1. The molecule has 3 aromatic rings. The number of rotatable bonds is 5. The van der Waals surface area contributed by atoms with Crippen molar-refractivity contribution in [1.29, 1.82) is 0 Å². The fourth-order valence-electron chi connectivity index (χ4n) is 2.82. The summed E-state index contributed by atoms with van der Waals surface area (Å²) in [4.78, 5) is 27.4. The number of aryl methyl sites for hydroxylation is 2. The van der Waals surface area contributed by atoms with Crippen molar-refractivity contribution in [2.24, 2.45) is 14.1 Å². The van der Waals surface area contributed by atoms with Crippen molar-refractivity contribution < 1.29 is 9.84 Å². The molecule has 2 heterocycles. The average Bonchev–Trinajstić information content (AvgIpc) is 2.93. The van der Waals surface area contributed by atoms with Crippen molar-refractivity contribution >= 4 is 23.4 Å². The molecular formula is C17H20N4O4S. The van der Waals surface area contributed by atoms with Gasteiger partial charge in [-0.15, -0.1) is 0 Å². The van der Waals surface area contributed by atoms with E-state index in [0.29, 0.717) is 11.4 Å². The van der Waals surface area contributed by atoms with E-state index in [-0.39, 0.29) is 23.4 Å². The molecule has 0 amide bonds. The molecule has 1 atom stereocenters. The van der Waals surface area contributed by atoms with Crippen LogP contribution in [0.4, 0.5) is 0 Å². The first-order valence-corrected chi connectivity index (χ1v) is 8.46. The Kier molecular flexibility index (Phi) is 4.84. The van der Waals surface area contributed by atoms with Gasteiger partial charge in [-0.1, -0.05) is 12.1 Å². The fourth-order valence-corrected chi connectivity index (χ4v) is 3.08. The summed E-state index contributed by atoms with van der Waals surface area (Å²) in [6.45, 7) is 2.07. The summed E-state index contributed by atoms with van der Waals surface area (Å²) in [6, 6.07) is 7.50. The summed E-state index contributed by atoms with van der Waals surface area (Å²) >= 11 is 5.26. The average molecular weight is 376 g/mol. The van der Waals surface area contributed by atoms with Gasteiger partial charge >= 0.3 is 5.69 Å². The normalized spacial score (nSPS) is 12.5. The van der Waals surface area contributed by atoms with Crippen molar-refractivity contribution in [1.82, 2.24) is 18.7 Å². The van der Waals surface area contributed by atoms with Gasteiger partial charge in [0.1, 0.15) is 24.1 Å². The van der Waals surface area contributed by atoms with Crippen LogP contribution in [0, 0.1) is 11.7 Å². The van der Waals surface area contributed by atoms with E-state index in [1.807, 2.05) is 31.2 Å². The number of fused-ring (bicyclic) bond motifs is 1. The second-order valence-corrected chi connectivity index (χ2v) is 6.61. The highest BCUT2D eigenvalue weighted by Crippen LogP contribution is 2.13. The van der Waals surface area contributed by atoms with Gasteiger partial charge in [0.25, 0.3) is 5.56 Å². The number of aliphatic hydroxyl groups is 1. The van der Waals surface area contributed by atoms with Crippen molar-refractivity contribution in [3.8, 4) is 5.75 Å². The lowest BCUT2D eigenvalue weighted by Gasteiger charge is -2.14. The molecule has 0 saturated heterocycles. The number of ether oxygens (including phenoxy) is 1. The third-order valence-electron chi connectivity index (χ3n) is 4.21. The van der Waals surface area contributed by atoms with Gasteiger partial charge in [0.2, 0.25) is 0 Å². The van der Waals surface area contributed by atoms with Crippen molar-refractivity contribution in [3.05, 3.63) is 55.4 Å². The Morgan fingerprint density at radius 3 is 2.69 bits per heavy atom. The maximum atomic E-state index is 12.5. The van der Waals surface area contributed by atoms with Gasteiger partial charge in [0.15, 0.2) is 10.3 Å². The van der Waals surface area contributed by atoms with E-state index in [0.717, 1.165) is 10.1 Å². The molecule has 1 aromatic carbocycles. The monoisotopic (exact) mass is 376 g/mol. The van der Waals surface area contributed by atoms with Crippen LogP contribution < -0.4 is 16.0 Å². The first kappa shape index (κ1) is 18.2. The summed E-state index contributed by atoms with van der Waals surface area (Å²) in [5, 5.41) is 10.3. The molecule has 138 valence electrons. The number of hydrogen-bond acceptors (Lipinski definition) is 5. The Balaban J connectivity index is 1.89. The highest BCUT2D eigenvalue weighted by Gasteiger charge is 2.17. The lowest BCUT2D eigenvalue weighted by atomic mass is 10.2. The van der Waals surface area contributed by atoms with Gasteiger partial charge < -0.3 is 19.4 Å². The van der Waals surface area contributed by atoms with Gasteiger partial charge in [0, 0.05) is 14.1 Å². The van der Waals surface area contributed by atoms with Crippen LogP contribution in [0.1, 0.15) is 5.56 Å². The molecule has 0 bridgehead atoms. The molecule has 9 heteroatoms. The Hall–Kier alpha value is -2.65. The van der Waals surface area contributed by atoms with Crippen molar-refractivity contribution in [3.63, 3.8) is 0 Å². The van der Waals surface area contributed by atoms with Crippen LogP contribution in [0.2, 0.25) is 0 Å². The standard InChI is InChI=1S/C17H20N4O4S/c1-10-5-4-6-12(7-10)25-9-11(22)8-21-13-14(18-16(21)26)19(2)17(24)20(3)15(13)23/h4-7,11,22H,8-9H2,1-3H3,(H,18,26)/t11-/m0/s1. The Bertz CT molecular complexity index is 1140. The fraction of sp³-hybridized carbons (Fsp3) is 0.353. The van der Waals surface area contributed by atoms with Crippen LogP contribution in [0.5, 0.6) is 5.75 Å². The van der Waals surface area contributed by atoms with E-state index in [9.17, 15) is 14.7 Å². The maximum Gasteiger partial charge on any atom is 0.332 e. The summed E-state index contributed by atoms with van der Waals surface area (Å²) in [5.41, 5.74) is 0.709. The Morgan fingerprint density at radius 1 is 1.27 bits per heavy atom. The van der Waals surface area contributed by atoms with Crippen molar-refractivity contribution in [2.45, 2.75) is 19.6 Å². The predicted octanol–water partition coefficient (Wildman–Crippen LogP) is 0.845. The number of benzene rings is 1. The topological polar surface area (TPSA) is 94.2 Å². The number of aromatic amines is 1. The minimum Gasteiger partial charge on any atom is -0.491 e. The van der Waals surface area contributed by atoms with Gasteiger partial charge in [-0.05, 0) is 36.8 Å². The van der Waals surface area contributed by atoms with Crippen LogP contribution in [0.25, 0.3) is 11.2 Å². The Morgan fingerprint density at radius 2 is 2.00 bits per heavy atom. The quantitative estimate of drug-likeness (QED) is 0.644. The SMILES string of the molecule is Cc1cccc(OC[C@@H](O)Cn2c(=S)[nH]c3c2c(=O)n(C)c(=O)n3C)c1. The lowest BCUT2D eigenvalue weighted by Crippen LogP contribution is -2.38. The van der Waals surface area contributed by atoms with Crippen LogP contribution in [-0.4, -0.2) is 36.5 Å². The third kappa shape index (κ3) is 3.23. The molecule has 3 rings (SSSR count). The first-order valence-electron chi connectivity index (χ1n) is 8.05. The molecule has 0 saturated carbocycles. The number of aromatic nitrogens is 4. The molecular weight excluding hydrogens is 356 g/mol. The van der Waals surface area contributed by atoms with E-state index < -0.39 is 17.4 Å². The zero-order chi connectivity index (χ0) is 19.0. The molecule has 2 aromatic heterocycles. The molecule has 0 aliphatic rings. The molecule has 0 aliphatic carbocycles. The smallest absolute Gasteiger partial charge is 0.332 e. The molecule has 2 N–H and O–H groups in total. The molecule has 0 fully saturated rings. The van der Waals surface area contributed by atoms with Crippen LogP contribution in [0.15, 0.2) is 33.9 Å². The molecule has 0 unspecified atom stereocenters. The number of nitrogens with one attached hydrogen (secondary N) is 1. The number of H-pyrrole nitrogens is 1. The van der Waals surface area contributed by atoms with Gasteiger partial charge in [0.05, 0.1) is 6.54 Å². The number of imidazole rings is 1. The molecule has 0 spiro atoms. The summed E-state index contributed by atoms with van der Waals surface area (Å²) in [5.74, 6) is 0.657. The molecule has 0 aliphatic heterocycles. The second-order valence-electron chi connectivity index (χ2n) is 6.23. The summed E-state index contributed by atoms with van der Waals surface area (Å²) < 4.78 is 9.68. The maximum absolute atomic E-state index is 12.5. The molecule has 8 nitrogen and oxygen atoms in total. The highest BCUT2D eigenvalue weighted by atomic mass is 32.1. The number of hydrogen-bond donors (Lipinski definition) is 2. The van der Waals surface area contributed by atoms with Gasteiger partial charge in [-0.3, -0.25) is 13.9 Å². The van der Waals surface area contributed by atoms with E-state index >= 15 is 0 Å². The van der Waals surface area contributed by atoms with Crippen molar-refractivity contribution in [2.75, 3.05) is 6.61 Å². The van der Waals surface area contributed by atoms with Crippen LogP contribution in [-0.2, 0) is 20.6 Å². The largest absolute Gasteiger partial charge is 0.491 e. The lowest BCUT2D eigenvalue weighted by molar-refractivity contribution is 0.0930. The minimum atomic E-state index is -0.886. The van der Waals surface area contributed by atoms with Crippen LogP contribution in [0.3, 0.4) is 0 Å². The zero-order valence-electron chi connectivity index (χ0n) is 14.7. The van der Waals surface area contributed by atoms with E-state index in [4.69, 9.17) is 17.0 Å². The van der Waals surface area contributed by atoms with Gasteiger partial charge in [-0.25, -0.2) is 4.79 Å². The minimum absolute atomic E-state index is 0.0456. The summed E-state index contributed by atoms with van der Waals surface area (Å²) in [7, 11) is 2.96. The second kappa shape index (κ2) is 6.93. The van der Waals surface area contributed by atoms with E-state index in [1.54, 1.807) is 7.05 Å². The van der Waals surface area contributed by atoms with E-state index in [2.05, 4.69) is 4.98 Å². The first-order chi connectivity index (χ1) is 12.3. The van der Waals surface area contributed by atoms with Crippen LogP contribution >= 0.6 is 12.2 Å². The van der Waals surface area contributed by atoms with E-state index in [1.165, 1.54) is 16.2 Å². The predicted molar refractivity (Wildman–Crippen MR) is 100 cm³/mol. The highest BCUT2D eigenvalue weighted by molar-refractivity contribution is 7.71. The number of nitrogens with zero attached hydrogens (tertiary/aromatic N) is 3. The zero-order valence-corrected chi connectivity index (χ0v) is 15.5. The Labute approximate surface area is 153 Å².